The average Bonchev–Trinajstić information content (AvgIpc) is 2.61. The fraction of sp³-hybridized carbons (Fsp3) is 0.176. The summed E-state index contributed by atoms with van der Waals surface area (Å²) in [6.07, 6.45) is 2.97. The molecule has 0 saturated heterocycles. The highest BCUT2D eigenvalue weighted by atomic mass is 32.2. The first-order valence-electron chi connectivity index (χ1n) is 7.51. The van der Waals surface area contributed by atoms with Crippen molar-refractivity contribution in [3.05, 3.63) is 60.4 Å². The molecular weight excluding hydrogens is 326 g/mol. The summed E-state index contributed by atoms with van der Waals surface area (Å²) in [4.78, 5) is 8.43. The Morgan fingerprint density at radius 1 is 1.12 bits per heavy atom. The van der Waals surface area contributed by atoms with Crippen LogP contribution in [-0.4, -0.2) is 25.0 Å². The van der Waals surface area contributed by atoms with Crippen LogP contribution in [-0.2, 0) is 16.6 Å². The van der Waals surface area contributed by atoms with Crippen molar-refractivity contribution in [2.24, 2.45) is 0 Å². The van der Waals surface area contributed by atoms with Gasteiger partial charge >= 0.3 is 0 Å². The lowest BCUT2D eigenvalue weighted by molar-refractivity contribution is 0.322. The van der Waals surface area contributed by atoms with E-state index < -0.39 is 10.0 Å². The largest absolute Gasteiger partial charge is 0.478 e. The Morgan fingerprint density at radius 3 is 2.79 bits per heavy atom. The number of para-hydroxylation sites is 1. The quantitative estimate of drug-likeness (QED) is 0.744. The number of pyridine rings is 2. The molecule has 0 unspecified atom stereocenters. The highest BCUT2D eigenvalue weighted by Crippen LogP contribution is 2.18. The Kier molecular flexibility index (Phi) is 4.73. The molecular formula is C17H17N3O3S. The van der Waals surface area contributed by atoms with Gasteiger partial charge in [-0.3, -0.25) is 4.98 Å². The molecule has 0 atom stereocenters. The van der Waals surface area contributed by atoms with E-state index in [-0.39, 0.29) is 11.4 Å². The maximum absolute atomic E-state index is 12.5. The van der Waals surface area contributed by atoms with E-state index in [1.165, 1.54) is 6.20 Å². The number of nitrogens with zero attached hydrogens (tertiary/aromatic N) is 2. The van der Waals surface area contributed by atoms with Crippen molar-refractivity contribution in [1.82, 2.24) is 14.7 Å². The smallest absolute Gasteiger partial charge is 0.242 e. The molecule has 1 aromatic carbocycles. The van der Waals surface area contributed by atoms with Gasteiger partial charge in [-0.2, -0.15) is 0 Å². The van der Waals surface area contributed by atoms with E-state index in [9.17, 15) is 8.42 Å². The first-order chi connectivity index (χ1) is 11.6. The number of aromatic nitrogens is 2. The Balaban J connectivity index is 1.83. The Labute approximate surface area is 140 Å². The van der Waals surface area contributed by atoms with Crippen LogP contribution in [0.15, 0.2) is 59.8 Å². The van der Waals surface area contributed by atoms with Gasteiger partial charge in [0.2, 0.25) is 15.9 Å². The van der Waals surface area contributed by atoms with Crippen molar-refractivity contribution in [3.63, 3.8) is 0 Å². The van der Waals surface area contributed by atoms with Crippen LogP contribution in [0.25, 0.3) is 10.9 Å². The molecule has 0 fully saturated rings. The van der Waals surface area contributed by atoms with Crippen molar-refractivity contribution < 1.29 is 13.2 Å². The highest BCUT2D eigenvalue weighted by molar-refractivity contribution is 7.89. The summed E-state index contributed by atoms with van der Waals surface area (Å²) >= 11 is 0. The minimum absolute atomic E-state index is 0.0956. The van der Waals surface area contributed by atoms with Crippen LogP contribution in [0.3, 0.4) is 0 Å². The van der Waals surface area contributed by atoms with E-state index in [2.05, 4.69) is 14.7 Å². The molecule has 0 amide bonds. The van der Waals surface area contributed by atoms with Crippen LogP contribution in [0.2, 0.25) is 0 Å². The number of fused-ring (bicyclic) bond motifs is 1. The zero-order chi connectivity index (χ0) is 17.0. The number of hydrogen-bond acceptors (Lipinski definition) is 5. The van der Waals surface area contributed by atoms with Crippen molar-refractivity contribution in [3.8, 4) is 5.88 Å². The monoisotopic (exact) mass is 343 g/mol. The van der Waals surface area contributed by atoms with Gasteiger partial charge in [-0.15, -0.1) is 0 Å². The fourth-order valence-electron chi connectivity index (χ4n) is 2.28. The van der Waals surface area contributed by atoms with Gasteiger partial charge in [0, 0.05) is 29.9 Å². The first-order valence-corrected chi connectivity index (χ1v) is 8.99. The van der Waals surface area contributed by atoms with Gasteiger partial charge in [0.05, 0.1) is 12.1 Å². The number of sulfonamides is 1. The summed E-state index contributed by atoms with van der Waals surface area (Å²) in [5, 5.41) is 0.775. The van der Waals surface area contributed by atoms with E-state index in [0.717, 1.165) is 10.9 Å². The summed E-state index contributed by atoms with van der Waals surface area (Å²) in [5.74, 6) is 0.430. The molecule has 0 aliphatic heterocycles. The molecule has 3 aromatic rings. The van der Waals surface area contributed by atoms with Crippen LogP contribution in [0, 0.1) is 0 Å². The normalized spacial score (nSPS) is 11.5. The van der Waals surface area contributed by atoms with E-state index in [0.29, 0.717) is 18.1 Å². The molecule has 0 aliphatic carbocycles. The average molecular weight is 343 g/mol. The Morgan fingerprint density at radius 2 is 1.96 bits per heavy atom. The van der Waals surface area contributed by atoms with Gasteiger partial charge in [-0.1, -0.05) is 24.3 Å². The molecule has 1 N–H and O–H groups in total. The van der Waals surface area contributed by atoms with Crippen LogP contribution in [0.4, 0.5) is 0 Å². The molecule has 7 heteroatoms. The molecule has 6 nitrogen and oxygen atoms in total. The minimum Gasteiger partial charge on any atom is -0.478 e. The van der Waals surface area contributed by atoms with Crippen LogP contribution >= 0.6 is 0 Å². The van der Waals surface area contributed by atoms with Crippen LogP contribution < -0.4 is 9.46 Å². The maximum atomic E-state index is 12.5. The minimum atomic E-state index is -3.68. The lowest BCUT2D eigenvalue weighted by atomic mass is 10.2. The van der Waals surface area contributed by atoms with Gasteiger partial charge in [0.25, 0.3) is 0 Å². The van der Waals surface area contributed by atoms with Gasteiger partial charge in [-0.05, 0) is 25.1 Å². The molecule has 0 aliphatic rings. The van der Waals surface area contributed by atoms with Crippen molar-refractivity contribution in [2.45, 2.75) is 18.4 Å². The molecule has 2 heterocycles. The third kappa shape index (κ3) is 3.52. The Hall–Kier alpha value is -2.51. The molecule has 0 radical (unpaired) electrons. The second-order valence-electron chi connectivity index (χ2n) is 5.09. The Bertz CT molecular complexity index is 958. The predicted molar refractivity (Wildman–Crippen MR) is 91.2 cm³/mol. The number of hydrogen-bond donors (Lipinski definition) is 1. The molecule has 0 spiro atoms. The molecule has 3 rings (SSSR count). The molecule has 124 valence electrons. The van der Waals surface area contributed by atoms with Gasteiger partial charge in [0.15, 0.2) is 0 Å². The lowest BCUT2D eigenvalue weighted by Gasteiger charge is -2.10. The van der Waals surface area contributed by atoms with Crippen molar-refractivity contribution in [2.75, 3.05) is 6.61 Å². The topological polar surface area (TPSA) is 81.2 Å². The van der Waals surface area contributed by atoms with Gasteiger partial charge in [0.1, 0.15) is 4.90 Å². The standard InChI is InChI=1S/C17H17N3O3S/c1-2-23-17-14(7-5-9-18-17)11-20-24(21,22)15-10-13-6-3-4-8-16(13)19-12-15/h3-10,12,20H,2,11H2,1H3. The lowest BCUT2D eigenvalue weighted by Crippen LogP contribution is -2.23. The van der Waals surface area contributed by atoms with Gasteiger partial charge in [-0.25, -0.2) is 18.1 Å². The van der Waals surface area contributed by atoms with E-state index in [1.54, 1.807) is 24.4 Å². The van der Waals surface area contributed by atoms with E-state index >= 15 is 0 Å². The third-order valence-electron chi connectivity index (χ3n) is 3.46. The summed E-state index contributed by atoms with van der Waals surface area (Å²) in [6, 6.07) is 12.5. The fourth-order valence-corrected chi connectivity index (χ4v) is 3.27. The van der Waals surface area contributed by atoms with Crippen LogP contribution in [0.1, 0.15) is 12.5 Å². The first kappa shape index (κ1) is 16.4. The zero-order valence-electron chi connectivity index (χ0n) is 13.1. The molecule has 2 aromatic heterocycles. The van der Waals surface area contributed by atoms with E-state index in [1.807, 2.05) is 31.2 Å². The molecule has 24 heavy (non-hydrogen) atoms. The number of nitrogens with one attached hydrogen (secondary N) is 1. The summed E-state index contributed by atoms with van der Waals surface area (Å²) < 4.78 is 33.0. The maximum Gasteiger partial charge on any atom is 0.242 e. The second-order valence-corrected chi connectivity index (χ2v) is 6.86. The van der Waals surface area contributed by atoms with Crippen molar-refractivity contribution in [1.29, 1.82) is 0 Å². The third-order valence-corrected chi connectivity index (χ3v) is 4.83. The predicted octanol–water partition coefficient (Wildman–Crippen LogP) is 2.51. The number of benzene rings is 1. The summed E-state index contributed by atoms with van der Waals surface area (Å²) in [6.45, 7) is 2.41. The van der Waals surface area contributed by atoms with E-state index in [4.69, 9.17) is 4.74 Å². The second kappa shape index (κ2) is 6.94. The number of rotatable bonds is 6. The zero-order valence-corrected chi connectivity index (χ0v) is 14.0. The molecule has 0 saturated carbocycles. The van der Waals surface area contributed by atoms with Crippen molar-refractivity contribution >= 4 is 20.9 Å². The molecule has 0 bridgehead atoms. The van der Waals surface area contributed by atoms with Gasteiger partial charge < -0.3 is 4.74 Å². The summed E-state index contributed by atoms with van der Waals surface area (Å²) in [5.41, 5.74) is 1.43. The highest BCUT2D eigenvalue weighted by Gasteiger charge is 2.16. The summed E-state index contributed by atoms with van der Waals surface area (Å²) in [7, 11) is -3.68. The number of ether oxygens (including phenoxy) is 1. The SMILES string of the molecule is CCOc1ncccc1CNS(=O)(=O)c1cnc2ccccc2c1. The van der Waals surface area contributed by atoms with Crippen LogP contribution in [0.5, 0.6) is 5.88 Å².